The van der Waals surface area contributed by atoms with Gasteiger partial charge < -0.3 is 10.2 Å². The van der Waals surface area contributed by atoms with Crippen LogP contribution in [-0.4, -0.2) is 39.8 Å². The van der Waals surface area contributed by atoms with Crippen molar-refractivity contribution in [3.8, 4) is 0 Å². The van der Waals surface area contributed by atoms with E-state index in [0.29, 0.717) is 42.3 Å². The van der Waals surface area contributed by atoms with Crippen molar-refractivity contribution in [3.05, 3.63) is 99.8 Å². The number of benzene rings is 2. The standard InChI is InChI=1S/C25H23ClN4O2/c1-17-4-6-18(7-5-17)16-28-24(32)30-14-13-29-23(31)21-3-2-12-27-22(21)15-25(29,30)19-8-10-20(26)11-9-19/h2-12H,13-16H2,1H3,(H,28,32). The molecule has 1 aromatic heterocycles. The minimum absolute atomic E-state index is 0.108. The third kappa shape index (κ3) is 3.31. The van der Waals surface area contributed by atoms with E-state index in [4.69, 9.17) is 11.6 Å². The molecule has 1 atom stereocenters. The molecule has 3 heterocycles. The molecule has 3 amide bonds. The van der Waals surface area contributed by atoms with Gasteiger partial charge in [-0.2, -0.15) is 0 Å². The Morgan fingerprint density at radius 1 is 1.09 bits per heavy atom. The highest BCUT2D eigenvalue weighted by atomic mass is 35.5. The second-order valence-electron chi connectivity index (χ2n) is 8.25. The van der Waals surface area contributed by atoms with Crippen LogP contribution >= 0.6 is 11.6 Å². The molecule has 2 aliphatic rings. The number of hydrogen-bond donors (Lipinski definition) is 1. The fourth-order valence-corrected chi connectivity index (χ4v) is 4.83. The van der Waals surface area contributed by atoms with Crippen LogP contribution < -0.4 is 5.32 Å². The number of hydrogen-bond acceptors (Lipinski definition) is 3. The van der Waals surface area contributed by atoms with E-state index in [1.54, 1.807) is 40.3 Å². The van der Waals surface area contributed by atoms with Gasteiger partial charge in [0.25, 0.3) is 5.91 Å². The maximum Gasteiger partial charge on any atom is 0.319 e. The summed E-state index contributed by atoms with van der Waals surface area (Å²) in [4.78, 5) is 34.9. The number of halogens is 1. The topological polar surface area (TPSA) is 65.5 Å². The highest BCUT2D eigenvalue weighted by molar-refractivity contribution is 6.30. The molecule has 0 radical (unpaired) electrons. The summed E-state index contributed by atoms with van der Waals surface area (Å²) in [6.45, 7) is 3.33. The molecule has 2 aromatic carbocycles. The van der Waals surface area contributed by atoms with E-state index in [-0.39, 0.29) is 11.9 Å². The first-order chi connectivity index (χ1) is 15.5. The van der Waals surface area contributed by atoms with Gasteiger partial charge in [0.2, 0.25) is 0 Å². The lowest BCUT2D eigenvalue weighted by atomic mass is 9.86. The zero-order chi connectivity index (χ0) is 22.3. The minimum atomic E-state index is -0.944. The molecule has 3 aromatic rings. The first kappa shape index (κ1) is 20.5. The predicted molar refractivity (Wildman–Crippen MR) is 122 cm³/mol. The maximum absolute atomic E-state index is 13.4. The number of aryl methyl sites for hydroxylation is 1. The number of urea groups is 1. The Labute approximate surface area is 191 Å². The summed E-state index contributed by atoms with van der Waals surface area (Å²) < 4.78 is 0. The summed E-state index contributed by atoms with van der Waals surface area (Å²) in [6, 6.07) is 18.8. The quantitative estimate of drug-likeness (QED) is 0.658. The lowest BCUT2D eigenvalue weighted by molar-refractivity contribution is 0.0194. The van der Waals surface area contributed by atoms with E-state index in [9.17, 15) is 9.59 Å². The van der Waals surface area contributed by atoms with Gasteiger partial charge in [0.1, 0.15) is 0 Å². The van der Waals surface area contributed by atoms with Gasteiger partial charge in [0, 0.05) is 37.3 Å². The number of nitrogens with one attached hydrogen (secondary N) is 1. The van der Waals surface area contributed by atoms with Crippen molar-refractivity contribution in [2.75, 3.05) is 13.1 Å². The van der Waals surface area contributed by atoms with E-state index in [0.717, 1.165) is 11.1 Å². The van der Waals surface area contributed by atoms with Crippen LogP contribution in [0, 0.1) is 6.92 Å². The lowest BCUT2D eigenvalue weighted by Gasteiger charge is -2.46. The smallest absolute Gasteiger partial charge is 0.319 e. The molecular formula is C25H23ClN4O2. The molecule has 1 fully saturated rings. The summed E-state index contributed by atoms with van der Waals surface area (Å²) in [7, 11) is 0. The molecule has 32 heavy (non-hydrogen) atoms. The molecule has 0 aliphatic carbocycles. The van der Waals surface area contributed by atoms with Gasteiger partial charge in [-0.3, -0.25) is 14.7 Å². The lowest BCUT2D eigenvalue weighted by Crippen LogP contribution is -2.60. The molecule has 1 unspecified atom stereocenters. The summed E-state index contributed by atoms with van der Waals surface area (Å²) in [5.41, 5.74) is 3.38. The Morgan fingerprint density at radius 2 is 1.84 bits per heavy atom. The van der Waals surface area contributed by atoms with Gasteiger partial charge in [-0.1, -0.05) is 53.6 Å². The van der Waals surface area contributed by atoms with Crippen LogP contribution in [0.15, 0.2) is 66.9 Å². The fraction of sp³-hybridized carbons (Fsp3) is 0.240. The Balaban J connectivity index is 1.52. The Bertz CT molecular complexity index is 1180. The SMILES string of the molecule is Cc1ccc(CNC(=O)N2CCN3C(=O)c4cccnc4CC23c2ccc(Cl)cc2)cc1. The largest absolute Gasteiger partial charge is 0.334 e. The fourth-order valence-electron chi connectivity index (χ4n) is 4.71. The molecule has 0 saturated carbocycles. The minimum Gasteiger partial charge on any atom is -0.334 e. The number of aromatic nitrogens is 1. The highest BCUT2D eigenvalue weighted by Gasteiger charge is 2.56. The Morgan fingerprint density at radius 3 is 2.59 bits per heavy atom. The number of carbonyl (C=O) groups is 2. The third-order valence-corrected chi connectivity index (χ3v) is 6.59. The van der Waals surface area contributed by atoms with Crippen LogP contribution in [0.25, 0.3) is 0 Å². The van der Waals surface area contributed by atoms with Crippen LogP contribution in [0.2, 0.25) is 5.02 Å². The molecule has 6 nitrogen and oxygen atoms in total. The zero-order valence-electron chi connectivity index (χ0n) is 17.7. The number of pyridine rings is 1. The second kappa shape index (κ2) is 7.95. The number of fused-ring (bicyclic) bond motifs is 2. The highest BCUT2D eigenvalue weighted by Crippen LogP contribution is 2.44. The molecule has 0 bridgehead atoms. The van der Waals surface area contributed by atoms with Gasteiger partial charge in [-0.15, -0.1) is 0 Å². The number of rotatable bonds is 3. The molecular weight excluding hydrogens is 424 g/mol. The summed E-state index contributed by atoms with van der Waals surface area (Å²) in [5, 5.41) is 3.64. The van der Waals surface area contributed by atoms with Crippen molar-refractivity contribution >= 4 is 23.5 Å². The third-order valence-electron chi connectivity index (χ3n) is 6.34. The van der Waals surface area contributed by atoms with E-state index in [1.807, 2.05) is 43.3 Å². The molecule has 1 N–H and O–H groups in total. The summed E-state index contributed by atoms with van der Waals surface area (Å²) in [6.07, 6.45) is 2.11. The van der Waals surface area contributed by atoms with Crippen molar-refractivity contribution in [3.63, 3.8) is 0 Å². The molecule has 2 aliphatic heterocycles. The van der Waals surface area contributed by atoms with Gasteiger partial charge in [-0.05, 0) is 42.3 Å². The normalized spacial score (nSPS) is 19.5. The Kier molecular flexibility index (Phi) is 5.10. The number of nitrogens with zero attached hydrogens (tertiary/aromatic N) is 3. The first-order valence-electron chi connectivity index (χ1n) is 10.6. The van der Waals surface area contributed by atoms with Crippen LogP contribution in [0.4, 0.5) is 4.79 Å². The molecule has 5 rings (SSSR count). The van der Waals surface area contributed by atoms with Crippen molar-refractivity contribution in [1.29, 1.82) is 0 Å². The average molecular weight is 447 g/mol. The average Bonchev–Trinajstić information content (AvgIpc) is 3.20. The predicted octanol–water partition coefficient (Wildman–Crippen LogP) is 4.12. The number of amides is 3. The first-order valence-corrected chi connectivity index (χ1v) is 11.0. The van der Waals surface area contributed by atoms with Crippen LogP contribution in [0.1, 0.15) is 32.7 Å². The second-order valence-corrected chi connectivity index (χ2v) is 8.69. The van der Waals surface area contributed by atoms with E-state index < -0.39 is 5.66 Å². The van der Waals surface area contributed by atoms with E-state index >= 15 is 0 Å². The summed E-state index contributed by atoms with van der Waals surface area (Å²) in [5.74, 6) is -0.108. The monoisotopic (exact) mass is 446 g/mol. The van der Waals surface area contributed by atoms with Crippen molar-refractivity contribution in [2.24, 2.45) is 0 Å². The van der Waals surface area contributed by atoms with E-state index in [2.05, 4.69) is 10.3 Å². The summed E-state index contributed by atoms with van der Waals surface area (Å²) >= 11 is 6.14. The van der Waals surface area contributed by atoms with Crippen LogP contribution in [0.3, 0.4) is 0 Å². The Hall–Kier alpha value is -3.38. The van der Waals surface area contributed by atoms with E-state index in [1.165, 1.54) is 5.56 Å². The number of carbonyl (C=O) groups excluding carboxylic acids is 2. The zero-order valence-corrected chi connectivity index (χ0v) is 18.5. The van der Waals surface area contributed by atoms with Crippen LogP contribution in [0.5, 0.6) is 0 Å². The van der Waals surface area contributed by atoms with Crippen molar-refractivity contribution in [1.82, 2.24) is 20.1 Å². The molecule has 1 saturated heterocycles. The van der Waals surface area contributed by atoms with Gasteiger partial charge in [0.05, 0.1) is 11.3 Å². The molecule has 162 valence electrons. The van der Waals surface area contributed by atoms with Crippen molar-refractivity contribution in [2.45, 2.75) is 25.6 Å². The molecule has 0 spiro atoms. The van der Waals surface area contributed by atoms with Crippen molar-refractivity contribution < 1.29 is 9.59 Å². The molecule has 7 heteroatoms. The van der Waals surface area contributed by atoms with Crippen LogP contribution in [-0.2, 0) is 18.6 Å². The maximum atomic E-state index is 13.4. The van der Waals surface area contributed by atoms with Gasteiger partial charge >= 0.3 is 6.03 Å². The van der Waals surface area contributed by atoms with Gasteiger partial charge in [0.15, 0.2) is 5.66 Å². The van der Waals surface area contributed by atoms with Gasteiger partial charge in [-0.25, -0.2) is 4.79 Å².